The predicted octanol–water partition coefficient (Wildman–Crippen LogP) is 6.88. The topological polar surface area (TPSA) is 22.4 Å². The lowest BCUT2D eigenvalue weighted by molar-refractivity contribution is 0.340. The highest BCUT2D eigenvalue weighted by Gasteiger charge is 1.95. The minimum absolute atomic E-state index is 0.740. The minimum Gasteiger partial charge on any atom is -0.494 e. The molecule has 0 radical (unpaired) electrons. The van der Waals surface area contributed by atoms with Gasteiger partial charge in [-0.15, -0.1) is 0 Å². The van der Waals surface area contributed by atoms with Crippen molar-refractivity contribution in [3.05, 3.63) is 66.4 Å². The van der Waals surface area contributed by atoms with Crippen LogP contribution in [0.2, 0.25) is 0 Å². The lowest BCUT2D eigenvalue weighted by atomic mass is 10.2. The molecule has 1 heterocycles. The molecule has 0 fully saturated rings. The maximum absolute atomic E-state index is 5.37. The molecular formula is C21H30O2. The molecule has 2 nitrogen and oxygen atoms in total. The number of fused-ring (bicyclic) bond motifs is 1. The van der Waals surface area contributed by atoms with Crippen molar-refractivity contribution in [2.24, 2.45) is 0 Å². The Balaban J connectivity index is 0.000000349. The zero-order valence-corrected chi connectivity index (χ0v) is 15.3. The average molecular weight is 314 g/mol. The fourth-order valence-corrected chi connectivity index (χ4v) is 1.80. The van der Waals surface area contributed by atoms with Crippen LogP contribution in [0.25, 0.3) is 11.0 Å². The van der Waals surface area contributed by atoms with Crippen molar-refractivity contribution < 1.29 is 9.15 Å². The van der Waals surface area contributed by atoms with Crippen LogP contribution in [0.3, 0.4) is 0 Å². The van der Waals surface area contributed by atoms with E-state index >= 15 is 0 Å². The Morgan fingerprint density at radius 3 is 1.96 bits per heavy atom. The van der Waals surface area contributed by atoms with Crippen LogP contribution in [-0.4, -0.2) is 6.61 Å². The quantitative estimate of drug-likeness (QED) is 0.514. The van der Waals surface area contributed by atoms with E-state index in [1.165, 1.54) is 5.39 Å². The average Bonchev–Trinajstić information content (AvgIpc) is 3.00. The summed E-state index contributed by atoms with van der Waals surface area (Å²) in [7, 11) is 0. The van der Waals surface area contributed by atoms with Gasteiger partial charge in [-0.1, -0.05) is 64.1 Å². The number of hydrogen-bond donors (Lipinski definition) is 0. The first-order chi connectivity index (χ1) is 11.3. The van der Waals surface area contributed by atoms with Crippen LogP contribution in [0.15, 0.2) is 65.1 Å². The zero-order chi connectivity index (χ0) is 17.5. The molecule has 3 aromatic rings. The molecule has 0 aliphatic carbocycles. The van der Waals surface area contributed by atoms with Crippen LogP contribution >= 0.6 is 0 Å². The summed E-state index contributed by atoms with van der Waals surface area (Å²) in [6.07, 6.45) is 0. The molecule has 0 aliphatic rings. The van der Waals surface area contributed by atoms with Crippen molar-refractivity contribution in [3.8, 4) is 5.75 Å². The van der Waals surface area contributed by atoms with Crippen molar-refractivity contribution in [2.45, 2.75) is 41.5 Å². The third kappa shape index (κ3) is 8.10. The maximum atomic E-state index is 5.37. The number of para-hydroxylation sites is 2. The van der Waals surface area contributed by atoms with Gasteiger partial charge in [0.05, 0.1) is 6.61 Å². The molecule has 0 bridgehead atoms. The maximum Gasteiger partial charge on any atom is 0.134 e. The summed E-state index contributed by atoms with van der Waals surface area (Å²) in [5.41, 5.74) is 0.972. The number of rotatable bonds is 2. The van der Waals surface area contributed by atoms with Gasteiger partial charge in [-0.2, -0.15) is 0 Å². The summed E-state index contributed by atoms with van der Waals surface area (Å²) in [5.74, 6) is 1.92. The van der Waals surface area contributed by atoms with Crippen molar-refractivity contribution in [1.82, 2.24) is 0 Å². The molecule has 0 amide bonds. The molecule has 0 saturated carbocycles. The smallest absolute Gasteiger partial charge is 0.134 e. The zero-order valence-electron chi connectivity index (χ0n) is 15.3. The molecule has 0 spiro atoms. The van der Waals surface area contributed by atoms with Crippen LogP contribution in [0.5, 0.6) is 5.75 Å². The van der Waals surface area contributed by atoms with Gasteiger partial charge in [0.25, 0.3) is 0 Å². The summed E-state index contributed by atoms with van der Waals surface area (Å²) in [5, 5.41) is 1.18. The molecule has 0 atom stereocenters. The highest BCUT2D eigenvalue weighted by atomic mass is 16.5. The Morgan fingerprint density at radius 2 is 1.39 bits per heavy atom. The van der Waals surface area contributed by atoms with Crippen LogP contribution in [0, 0.1) is 6.92 Å². The molecule has 23 heavy (non-hydrogen) atoms. The van der Waals surface area contributed by atoms with Gasteiger partial charge >= 0.3 is 0 Å². The SMILES string of the molecule is CC.CC.CCOc1ccccc1.Cc1cc2ccccc2o1. The van der Waals surface area contributed by atoms with Crippen LogP contribution in [-0.2, 0) is 0 Å². The first kappa shape index (κ1) is 20.8. The molecule has 0 unspecified atom stereocenters. The monoisotopic (exact) mass is 314 g/mol. The first-order valence-corrected chi connectivity index (χ1v) is 8.42. The van der Waals surface area contributed by atoms with E-state index in [1.807, 2.05) is 102 Å². The molecule has 0 N–H and O–H groups in total. The summed E-state index contributed by atoms with van der Waals surface area (Å²) in [6.45, 7) is 12.7. The Bertz CT molecular complexity index is 579. The van der Waals surface area contributed by atoms with Gasteiger partial charge < -0.3 is 9.15 Å². The number of benzene rings is 2. The Morgan fingerprint density at radius 1 is 0.826 bits per heavy atom. The third-order valence-electron chi connectivity index (χ3n) is 2.60. The van der Waals surface area contributed by atoms with Gasteiger partial charge in [0, 0.05) is 5.39 Å². The molecule has 0 aliphatic heterocycles. The Kier molecular flexibility index (Phi) is 12.1. The van der Waals surface area contributed by atoms with Crippen LogP contribution in [0.4, 0.5) is 0 Å². The van der Waals surface area contributed by atoms with E-state index in [0.717, 1.165) is 23.7 Å². The Labute approximate surface area is 141 Å². The summed E-state index contributed by atoms with van der Waals surface area (Å²) in [4.78, 5) is 0. The fraction of sp³-hybridized carbons (Fsp3) is 0.333. The lowest BCUT2D eigenvalue weighted by Crippen LogP contribution is -1.89. The number of hydrogen-bond acceptors (Lipinski definition) is 2. The van der Waals surface area contributed by atoms with Crippen molar-refractivity contribution in [3.63, 3.8) is 0 Å². The van der Waals surface area contributed by atoms with Gasteiger partial charge in [0.15, 0.2) is 0 Å². The van der Waals surface area contributed by atoms with E-state index in [2.05, 4.69) is 0 Å². The molecule has 2 aromatic carbocycles. The van der Waals surface area contributed by atoms with Gasteiger partial charge in [0.1, 0.15) is 17.1 Å². The van der Waals surface area contributed by atoms with Crippen LogP contribution in [0.1, 0.15) is 40.4 Å². The van der Waals surface area contributed by atoms with E-state index in [-0.39, 0.29) is 0 Å². The molecule has 1 aromatic heterocycles. The highest BCUT2D eigenvalue weighted by Crippen LogP contribution is 2.17. The highest BCUT2D eigenvalue weighted by molar-refractivity contribution is 5.77. The van der Waals surface area contributed by atoms with Crippen molar-refractivity contribution >= 4 is 11.0 Å². The van der Waals surface area contributed by atoms with E-state index in [4.69, 9.17) is 9.15 Å². The van der Waals surface area contributed by atoms with Gasteiger partial charge in [-0.3, -0.25) is 0 Å². The summed E-state index contributed by atoms with van der Waals surface area (Å²) >= 11 is 0. The standard InChI is InChI=1S/C9H8O.C8H10O.2C2H6/c1-7-6-8-4-2-3-5-9(8)10-7;1-2-9-8-6-4-3-5-7-8;2*1-2/h2-6H,1H3;3-7H,2H2,1H3;2*1-2H3. The largest absolute Gasteiger partial charge is 0.494 e. The molecule has 126 valence electrons. The van der Waals surface area contributed by atoms with E-state index in [1.54, 1.807) is 0 Å². The second-order valence-corrected chi connectivity index (χ2v) is 4.14. The molecular weight excluding hydrogens is 284 g/mol. The summed E-state index contributed by atoms with van der Waals surface area (Å²) < 4.78 is 10.6. The van der Waals surface area contributed by atoms with Gasteiger partial charge in [0.2, 0.25) is 0 Å². The molecule has 3 rings (SSSR count). The second kappa shape index (κ2) is 13.4. The Hall–Kier alpha value is -2.22. The van der Waals surface area contributed by atoms with Gasteiger partial charge in [-0.05, 0) is 38.1 Å². The van der Waals surface area contributed by atoms with Crippen molar-refractivity contribution in [1.29, 1.82) is 0 Å². The first-order valence-electron chi connectivity index (χ1n) is 8.42. The van der Waals surface area contributed by atoms with E-state index in [9.17, 15) is 0 Å². The second-order valence-electron chi connectivity index (χ2n) is 4.14. The van der Waals surface area contributed by atoms with Crippen LogP contribution < -0.4 is 4.74 Å². The minimum atomic E-state index is 0.740. The van der Waals surface area contributed by atoms with E-state index < -0.39 is 0 Å². The third-order valence-corrected chi connectivity index (χ3v) is 2.60. The lowest BCUT2D eigenvalue weighted by Gasteiger charge is -1.99. The molecule has 2 heteroatoms. The molecule has 0 saturated heterocycles. The number of aryl methyl sites for hydroxylation is 1. The fourth-order valence-electron chi connectivity index (χ4n) is 1.80. The van der Waals surface area contributed by atoms with Gasteiger partial charge in [-0.25, -0.2) is 0 Å². The van der Waals surface area contributed by atoms with E-state index in [0.29, 0.717) is 0 Å². The summed E-state index contributed by atoms with van der Waals surface area (Å²) in [6, 6.07) is 19.8. The van der Waals surface area contributed by atoms with Crippen molar-refractivity contribution in [2.75, 3.05) is 6.61 Å². The normalized spacial score (nSPS) is 8.61. The number of furan rings is 1. The number of ether oxygens (including phenoxy) is 1. The predicted molar refractivity (Wildman–Crippen MR) is 101 cm³/mol.